The number of hydrogen-bond donors (Lipinski definition) is 1. The Labute approximate surface area is 115 Å². The highest BCUT2D eigenvalue weighted by molar-refractivity contribution is 6.30. The van der Waals surface area contributed by atoms with Crippen LogP contribution in [0.2, 0.25) is 5.02 Å². The summed E-state index contributed by atoms with van der Waals surface area (Å²) in [6, 6.07) is 15.1. The maximum atomic E-state index is 12.3. The second-order valence-corrected chi connectivity index (χ2v) is 4.94. The van der Waals surface area contributed by atoms with Crippen LogP contribution in [0.5, 0.6) is 0 Å². The van der Waals surface area contributed by atoms with Crippen molar-refractivity contribution in [2.45, 2.75) is 6.92 Å². The average molecular weight is 270 g/mol. The number of H-pyrrole nitrogens is 1. The molecular weight excluding hydrogens is 258 g/mol. The van der Waals surface area contributed by atoms with E-state index in [1.807, 2.05) is 43.3 Å². The van der Waals surface area contributed by atoms with Gasteiger partial charge in [0.05, 0.1) is 5.56 Å². The number of pyridine rings is 1. The van der Waals surface area contributed by atoms with E-state index >= 15 is 0 Å². The maximum absolute atomic E-state index is 12.3. The highest BCUT2D eigenvalue weighted by Gasteiger charge is 2.10. The van der Waals surface area contributed by atoms with Gasteiger partial charge in [-0.3, -0.25) is 4.79 Å². The van der Waals surface area contributed by atoms with E-state index in [-0.39, 0.29) is 5.56 Å². The zero-order chi connectivity index (χ0) is 13.4. The van der Waals surface area contributed by atoms with Crippen LogP contribution in [0.1, 0.15) is 5.56 Å². The fraction of sp³-hybridized carbons (Fsp3) is 0.0625. The van der Waals surface area contributed by atoms with Crippen molar-refractivity contribution in [3.63, 3.8) is 0 Å². The Morgan fingerprint density at radius 2 is 1.68 bits per heavy atom. The van der Waals surface area contributed by atoms with Crippen molar-refractivity contribution in [2.75, 3.05) is 0 Å². The van der Waals surface area contributed by atoms with E-state index in [4.69, 9.17) is 11.6 Å². The largest absolute Gasteiger partial charge is 0.321 e. The summed E-state index contributed by atoms with van der Waals surface area (Å²) in [5, 5.41) is 1.73. The second-order valence-electron chi connectivity index (χ2n) is 4.51. The molecule has 19 heavy (non-hydrogen) atoms. The third kappa shape index (κ3) is 2.04. The molecule has 0 saturated heterocycles. The number of para-hydroxylation sites is 1. The highest BCUT2D eigenvalue weighted by atomic mass is 35.5. The number of benzene rings is 2. The minimum atomic E-state index is -0.0708. The zero-order valence-electron chi connectivity index (χ0n) is 10.4. The summed E-state index contributed by atoms with van der Waals surface area (Å²) < 4.78 is 0. The Bertz CT molecular complexity index is 803. The van der Waals surface area contributed by atoms with E-state index in [9.17, 15) is 4.79 Å². The van der Waals surface area contributed by atoms with Gasteiger partial charge in [-0.15, -0.1) is 0 Å². The van der Waals surface area contributed by atoms with Gasteiger partial charge in [-0.1, -0.05) is 41.9 Å². The molecule has 0 amide bonds. The molecule has 0 saturated carbocycles. The van der Waals surface area contributed by atoms with Crippen LogP contribution >= 0.6 is 11.6 Å². The molecule has 3 heteroatoms. The molecule has 94 valence electrons. The summed E-state index contributed by atoms with van der Waals surface area (Å²) in [6.45, 7) is 1.97. The summed E-state index contributed by atoms with van der Waals surface area (Å²) in [5.74, 6) is 0. The topological polar surface area (TPSA) is 32.9 Å². The zero-order valence-corrected chi connectivity index (χ0v) is 11.2. The molecule has 0 radical (unpaired) electrons. The summed E-state index contributed by atoms with van der Waals surface area (Å²) in [6.07, 6.45) is 0. The molecule has 2 nitrogen and oxygen atoms in total. The van der Waals surface area contributed by atoms with Crippen LogP contribution in [-0.2, 0) is 0 Å². The van der Waals surface area contributed by atoms with E-state index in [1.54, 1.807) is 12.1 Å². The monoisotopic (exact) mass is 269 g/mol. The van der Waals surface area contributed by atoms with Crippen molar-refractivity contribution >= 4 is 22.5 Å². The van der Waals surface area contributed by atoms with Crippen molar-refractivity contribution in [2.24, 2.45) is 0 Å². The number of nitrogens with one attached hydrogen (secondary N) is 1. The highest BCUT2D eigenvalue weighted by Crippen LogP contribution is 2.26. The first-order valence-electron chi connectivity index (χ1n) is 6.04. The van der Waals surface area contributed by atoms with E-state index in [1.165, 1.54) is 0 Å². The summed E-state index contributed by atoms with van der Waals surface area (Å²) in [4.78, 5) is 15.2. The molecule has 0 spiro atoms. The Morgan fingerprint density at radius 1 is 1.00 bits per heavy atom. The van der Waals surface area contributed by atoms with Crippen LogP contribution in [0.15, 0.2) is 53.3 Å². The van der Waals surface area contributed by atoms with Gasteiger partial charge in [0.15, 0.2) is 0 Å². The molecule has 3 rings (SSSR count). The van der Waals surface area contributed by atoms with E-state index in [2.05, 4.69) is 4.98 Å². The second kappa shape index (κ2) is 4.56. The summed E-state index contributed by atoms with van der Waals surface area (Å²) in [7, 11) is 0. The maximum Gasteiger partial charge on any atom is 0.256 e. The van der Waals surface area contributed by atoms with Gasteiger partial charge in [0, 0.05) is 15.9 Å². The van der Waals surface area contributed by atoms with Crippen LogP contribution in [0, 0.1) is 6.92 Å². The number of halogens is 1. The molecule has 1 N–H and O–H groups in total. The molecule has 1 heterocycles. The Balaban J connectivity index is 2.35. The number of aryl methyl sites for hydroxylation is 1. The summed E-state index contributed by atoms with van der Waals surface area (Å²) in [5.41, 5.74) is 3.37. The van der Waals surface area contributed by atoms with Crippen LogP contribution in [-0.4, -0.2) is 4.98 Å². The fourth-order valence-corrected chi connectivity index (χ4v) is 2.50. The Morgan fingerprint density at radius 3 is 2.42 bits per heavy atom. The van der Waals surface area contributed by atoms with Crippen LogP contribution in [0.4, 0.5) is 0 Å². The minimum Gasteiger partial charge on any atom is -0.321 e. The lowest BCUT2D eigenvalue weighted by Gasteiger charge is -2.09. The summed E-state index contributed by atoms with van der Waals surface area (Å²) >= 11 is 5.89. The van der Waals surface area contributed by atoms with Crippen molar-refractivity contribution in [3.05, 3.63) is 69.5 Å². The third-order valence-corrected chi connectivity index (χ3v) is 3.57. The van der Waals surface area contributed by atoms with Crippen LogP contribution in [0.3, 0.4) is 0 Å². The van der Waals surface area contributed by atoms with Gasteiger partial charge in [0.1, 0.15) is 0 Å². The van der Waals surface area contributed by atoms with Gasteiger partial charge in [-0.05, 0) is 36.2 Å². The van der Waals surface area contributed by atoms with E-state index < -0.39 is 0 Å². The SMILES string of the molecule is Cc1c(-c2ccc(Cl)cc2)c(=O)[nH]c2ccccc12. The fourth-order valence-electron chi connectivity index (χ4n) is 2.37. The average Bonchev–Trinajstić information content (AvgIpc) is 2.41. The standard InChI is InChI=1S/C16H12ClNO/c1-10-13-4-2-3-5-14(13)18-16(19)15(10)11-6-8-12(17)9-7-11/h2-9H,1H3,(H,18,19). The normalized spacial score (nSPS) is 10.8. The number of fused-ring (bicyclic) bond motifs is 1. The van der Waals surface area contributed by atoms with Crippen molar-refractivity contribution in [1.29, 1.82) is 0 Å². The first kappa shape index (κ1) is 12.0. The lowest BCUT2D eigenvalue weighted by Crippen LogP contribution is -2.11. The molecule has 2 aromatic carbocycles. The van der Waals surface area contributed by atoms with Gasteiger partial charge in [0.2, 0.25) is 0 Å². The molecular formula is C16H12ClNO. The molecule has 0 bridgehead atoms. The number of aromatic amines is 1. The lowest BCUT2D eigenvalue weighted by atomic mass is 9.99. The molecule has 3 aromatic rings. The molecule has 0 atom stereocenters. The van der Waals surface area contributed by atoms with Crippen molar-refractivity contribution < 1.29 is 0 Å². The van der Waals surface area contributed by atoms with E-state index in [0.717, 1.165) is 22.0 Å². The molecule has 0 aliphatic rings. The smallest absolute Gasteiger partial charge is 0.256 e. The van der Waals surface area contributed by atoms with Gasteiger partial charge < -0.3 is 4.98 Å². The van der Waals surface area contributed by atoms with Crippen LogP contribution in [0.25, 0.3) is 22.0 Å². The number of hydrogen-bond acceptors (Lipinski definition) is 1. The van der Waals surface area contributed by atoms with Gasteiger partial charge in [-0.25, -0.2) is 0 Å². The lowest BCUT2D eigenvalue weighted by molar-refractivity contribution is 1.28. The van der Waals surface area contributed by atoms with Crippen molar-refractivity contribution in [1.82, 2.24) is 4.98 Å². The Kier molecular flexibility index (Phi) is 2.88. The van der Waals surface area contributed by atoms with Crippen molar-refractivity contribution in [3.8, 4) is 11.1 Å². The molecule has 1 aromatic heterocycles. The quantitative estimate of drug-likeness (QED) is 0.707. The van der Waals surface area contributed by atoms with Gasteiger partial charge >= 0.3 is 0 Å². The first-order chi connectivity index (χ1) is 9.16. The molecule has 0 fully saturated rings. The third-order valence-electron chi connectivity index (χ3n) is 3.31. The van der Waals surface area contributed by atoms with E-state index in [0.29, 0.717) is 10.6 Å². The van der Waals surface area contributed by atoms with Crippen LogP contribution < -0.4 is 5.56 Å². The predicted octanol–water partition coefficient (Wildman–Crippen LogP) is 4.16. The van der Waals surface area contributed by atoms with Gasteiger partial charge in [0.25, 0.3) is 5.56 Å². The number of aromatic nitrogens is 1. The van der Waals surface area contributed by atoms with Gasteiger partial charge in [-0.2, -0.15) is 0 Å². The molecule has 0 aliphatic carbocycles. The molecule has 0 aliphatic heterocycles. The number of rotatable bonds is 1. The Hall–Kier alpha value is -2.06. The molecule has 0 unspecified atom stereocenters. The minimum absolute atomic E-state index is 0.0708. The predicted molar refractivity (Wildman–Crippen MR) is 79.8 cm³/mol. The first-order valence-corrected chi connectivity index (χ1v) is 6.42.